The summed E-state index contributed by atoms with van der Waals surface area (Å²) in [5, 5.41) is 3.16. The molecule has 3 rings (SSSR count). The van der Waals surface area contributed by atoms with Crippen molar-refractivity contribution in [1.29, 1.82) is 0 Å². The average molecular weight is 350 g/mol. The molecule has 2 fully saturated rings. The van der Waals surface area contributed by atoms with E-state index in [1.54, 1.807) is 4.90 Å². The summed E-state index contributed by atoms with van der Waals surface area (Å²) in [6.07, 6.45) is 2.85. The number of nitrogens with zero attached hydrogens (tertiary/aromatic N) is 1. The van der Waals surface area contributed by atoms with Crippen LogP contribution in [0.5, 0.6) is 0 Å². The lowest BCUT2D eigenvalue weighted by Crippen LogP contribution is -2.57. The molecule has 0 saturated carbocycles. The first-order chi connectivity index (χ1) is 11.3. The molecule has 2 aliphatic heterocycles. The molecule has 1 atom stereocenters. The highest BCUT2D eigenvalue weighted by molar-refractivity contribution is 7.92. The van der Waals surface area contributed by atoms with Crippen LogP contribution in [-0.4, -0.2) is 56.4 Å². The molecular formula is C18H26N2O3S. The molecule has 0 spiro atoms. The highest BCUT2D eigenvalue weighted by atomic mass is 32.2. The minimum Gasteiger partial charge on any atom is -0.341 e. The number of sulfone groups is 1. The first-order valence-electron chi connectivity index (χ1n) is 8.60. The molecule has 1 N–H and O–H groups in total. The predicted molar refractivity (Wildman–Crippen MR) is 94.8 cm³/mol. The van der Waals surface area contributed by atoms with E-state index in [1.807, 2.05) is 12.1 Å². The van der Waals surface area contributed by atoms with E-state index in [2.05, 4.69) is 24.4 Å². The van der Waals surface area contributed by atoms with Gasteiger partial charge in [0, 0.05) is 25.3 Å². The lowest BCUT2D eigenvalue weighted by atomic mass is 9.93. The summed E-state index contributed by atoms with van der Waals surface area (Å²) in [6.45, 7) is 4.50. The van der Waals surface area contributed by atoms with E-state index >= 15 is 0 Å². The number of benzene rings is 1. The molecule has 1 aromatic carbocycles. The Hall–Kier alpha value is -1.40. The van der Waals surface area contributed by atoms with Crippen LogP contribution in [0.15, 0.2) is 24.3 Å². The summed E-state index contributed by atoms with van der Waals surface area (Å²) in [5.74, 6) is 0.107. The van der Waals surface area contributed by atoms with Gasteiger partial charge in [0.25, 0.3) is 0 Å². The largest absolute Gasteiger partial charge is 0.341 e. The summed E-state index contributed by atoms with van der Waals surface area (Å²) in [5.41, 5.74) is 2.50. The average Bonchev–Trinajstić information content (AvgIpc) is 3.04. The summed E-state index contributed by atoms with van der Waals surface area (Å²) >= 11 is 0. The first kappa shape index (κ1) is 17.4. The van der Waals surface area contributed by atoms with E-state index in [9.17, 15) is 13.2 Å². The van der Waals surface area contributed by atoms with Gasteiger partial charge in [-0.1, -0.05) is 24.3 Å². The van der Waals surface area contributed by atoms with Gasteiger partial charge < -0.3 is 10.2 Å². The second kappa shape index (κ2) is 6.48. The van der Waals surface area contributed by atoms with Crippen LogP contribution in [0.3, 0.4) is 0 Å². The molecule has 0 radical (unpaired) electrons. The number of aryl methyl sites for hydroxylation is 1. The van der Waals surface area contributed by atoms with Crippen molar-refractivity contribution in [1.82, 2.24) is 10.2 Å². The van der Waals surface area contributed by atoms with Crippen LogP contribution in [0, 0.1) is 6.92 Å². The van der Waals surface area contributed by atoms with Crippen molar-refractivity contribution < 1.29 is 13.2 Å². The van der Waals surface area contributed by atoms with Crippen LogP contribution in [0.1, 0.15) is 36.3 Å². The van der Waals surface area contributed by atoms with Gasteiger partial charge in [0.1, 0.15) is 0 Å². The van der Waals surface area contributed by atoms with Crippen molar-refractivity contribution in [2.45, 2.75) is 36.9 Å². The maximum atomic E-state index is 13.1. The molecule has 1 unspecified atom stereocenters. The van der Waals surface area contributed by atoms with Crippen molar-refractivity contribution in [3.63, 3.8) is 0 Å². The van der Waals surface area contributed by atoms with Crippen molar-refractivity contribution in [3.8, 4) is 0 Å². The van der Waals surface area contributed by atoms with Gasteiger partial charge in [-0.2, -0.15) is 0 Å². The Kier molecular flexibility index (Phi) is 4.71. The fourth-order valence-electron chi connectivity index (χ4n) is 4.11. The smallest absolute Gasteiger partial charge is 0.244 e. The lowest BCUT2D eigenvalue weighted by molar-refractivity contribution is -0.133. The number of hydrogen-bond acceptors (Lipinski definition) is 4. The number of nitrogens with one attached hydrogen (secondary N) is 1. The summed E-state index contributed by atoms with van der Waals surface area (Å²) in [4.78, 5) is 14.9. The molecule has 2 aliphatic rings. The monoisotopic (exact) mass is 350 g/mol. The number of piperidine rings is 1. The number of amides is 1. The third-order valence-corrected chi connectivity index (χ3v) is 7.62. The minimum absolute atomic E-state index is 0.192. The molecule has 24 heavy (non-hydrogen) atoms. The maximum Gasteiger partial charge on any atom is 0.244 e. The van der Waals surface area contributed by atoms with E-state index in [4.69, 9.17) is 0 Å². The van der Waals surface area contributed by atoms with Gasteiger partial charge in [-0.05, 0) is 50.4 Å². The highest BCUT2D eigenvalue weighted by Crippen LogP contribution is 2.35. The van der Waals surface area contributed by atoms with E-state index in [1.165, 1.54) is 17.4 Å². The summed E-state index contributed by atoms with van der Waals surface area (Å²) in [6, 6.07) is 8.25. The molecule has 0 aromatic heterocycles. The molecule has 2 heterocycles. The Morgan fingerprint density at radius 1 is 1.25 bits per heavy atom. The van der Waals surface area contributed by atoms with Crippen molar-refractivity contribution in [2.75, 3.05) is 32.4 Å². The van der Waals surface area contributed by atoms with Crippen LogP contribution in [0.2, 0.25) is 0 Å². The second-order valence-corrected chi connectivity index (χ2v) is 9.44. The van der Waals surface area contributed by atoms with Crippen molar-refractivity contribution in [3.05, 3.63) is 35.4 Å². The van der Waals surface area contributed by atoms with Gasteiger partial charge in [0.2, 0.25) is 5.91 Å². The van der Waals surface area contributed by atoms with Crippen molar-refractivity contribution in [2.24, 2.45) is 0 Å². The highest BCUT2D eigenvalue weighted by Gasteiger charge is 2.51. The normalized spacial score (nSPS) is 24.1. The predicted octanol–water partition coefficient (Wildman–Crippen LogP) is 1.48. The third kappa shape index (κ3) is 2.97. The zero-order valence-corrected chi connectivity index (χ0v) is 15.2. The number of carbonyl (C=O) groups is 1. The standard InChI is InChI=1S/C18H26N2O3S/c1-14-5-3-4-6-16(14)15-7-12-20(13-15)17(21)18(24(2,22)23)8-10-19-11-9-18/h3-6,15,19H,7-13H2,1-2H3. The van der Waals surface area contributed by atoms with Gasteiger partial charge in [-0.25, -0.2) is 8.42 Å². The Morgan fingerprint density at radius 3 is 2.54 bits per heavy atom. The molecule has 1 aromatic rings. The van der Waals surface area contributed by atoms with Gasteiger partial charge in [0.05, 0.1) is 0 Å². The molecule has 5 nitrogen and oxygen atoms in total. The second-order valence-electron chi connectivity index (χ2n) is 7.11. The van der Waals surface area contributed by atoms with Gasteiger partial charge >= 0.3 is 0 Å². The fourth-order valence-corrected chi connectivity index (χ4v) is 5.50. The van der Waals surface area contributed by atoms with Crippen molar-refractivity contribution >= 4 is 15.7 Å². The summed E-state index contributed by atoms with van der Waals surface area (Å²) in [7, 11) is -3.45. The van der Waals surface area contributed by atoms with E-state index < -0.39 is 14.6 Å². The van der Waals surface area contributed by atoms with Crippen LogP contribution < -0.4 is 5.32 Å². The Labute approximate surface area is 144 Å². The molecule has 0 bridgehead atoms. The number of likely N-dealkylation sites (tertiary alicyclic amines) is 1. The molecule has 0 aliphatic carbocycles. The van der Waals surface area contributed by atoms with E-state index in [0.717, 1.165) is 6.42 Å². The number of hydrogen-bond donors (Lipinski definition) is 1. The molecule has 6 heteroatoms. The zero-order valence-electron chi connectivity index (χ0n) is 14.4. The maximum absolute atomic E-state index is 13.1. The summed E-state index contributed by atoms with van der Waals surface area (Å²) < 4.78 is 23.6. The van der Waals surface area contributed by atoms with Gasteiger partial charge in [-0.3, -0.25) is 4.79 Å². The topological polar surface area (TPSA) is 66.5 Å². The lowest BCUT2D eigenvalue weighted by Gasteiger charge is -2.37. The first-order valence-corrected chi connectivity index (χ1v) is 10.5. The third-order valence-electron chi connectivity index (χ3n) is 5.61. The Balaban J connectivity index is 1.82. The van der Waals surface area contributed by atoms with Crippen LogP contribution >= 0.6 is 0 Å². The Bertz CT molecular complexity index is 724. The molecule has 2 saturated heterocycles. The van der Waals surface area contributed by atoms with Gasteiger partial charge in [-0.15, -0.1) is 0 Å². The van der Waals surface area contributed by atoms with Crippen LogP contribution in [0.25, 0.3) is 0 Å². The Morgan fingerprint density at radius 2 is 1.92 bits per heavy atom. The van der Waals surface area contributed by atoms with Gasteiger partial charge in [0.15, 0.2) is 14.6 Å². The van der Waals surface area contributed by atoms with E-state index in [-0.39, 0.29) is 5.91 Å². The zero-order chi connectivity index (χ0) is 17.4. The minimum atomic E-state index is -3.45. The van der Waals surface area contributed by atoms with E-state index in [0.29, 0.717) is 44.9 Å². The number of rotatable bonds is 3. The number of carbonyl (C=O) groups excluding carboxylic acids is 1. The molecule has 1 amide bonds. The molecular weight excluding hydrogens is 324 g/mol. The quantitative estimate of drug-likeness (QED) is 0.897. The van der Waals surface area contributed by atoms with Crippen LogP contribution in [0.4, 0.5) is 0 Å². The SMILES string of the molecule is Cc1ccccc1C1CCN(C(=O)C2(S(C)(=O)=O)CCNCC2)C1. The fraction of sp³-hybridized carbons (Fsp3) is 0.611. The van der Waals surface area contributed by atoms with Crippen LogP contribution in [-0.2, 0) is 14.6 Å². The molecule has 132 valence electrons.